The number of nitrogens with one attached hydrogen (secondary N) is 1. The largest absolute Gasteiger partial charge is 0.367 e. The molecule has 0 fully saturated rings. The number of halogens is 1. The summed E-state index contributed by atoms with van der Waals surface area (Å²) >= 11 is 5.69. The van der Waals surface area contributed by atoms with Crippen LogP contribution in [0.25, 0.3) is 0 Å². The lowest BCUT2D eigenvalue weighted by molar-refractivity contribution is 0.0954. The third-order valence-corrected chi connectivity index (χ3v) is 1.81. The van der Waals surface area contributed by atoms with E-state index in [0.717, 1.165) is 0 Å². The van der Waals surface area contributed by atoms with Crippen LogP contribution in [0.2, 0.25) is 5.02 Å². The van der Waals surface area contributed by atoms with E-state index in [0.29, 0.717) is 10.6 Å². The lowest BCUT2D eigenvalue weighted by Crippen LogP contribution is -2.20. The topological polar surface area (TPSA) is 44.7 Å². The summed E-state index contributed by atoms with van der Waals surface area (Å²) in [5.74, 6) is -0.259. The number of nitrogens with zero attached hydrogens (tertiary/aromatic N) is 2. The Labute approximate surface area is 93.5 Å². The Balaban J connectivity index is 2.58. The Hall–Kier alpha value is -1.55. The van der Waals surface area contributed by atoms with Gasteiger partial charge in [-0.2, -0.15) is 5.10 Å². The molecule has 80 valence electrons. The zero-order valence-corrected chi connectivity index (χ0v) is 9.32. The summed E-state index contributed by atoms with van der Waals surface area (Å²) in [6.45, 7) is 0. The average Bonchev–Trinajstić information content (AvgIpc) is 2.18. The lowest BCUT2D eigenvalue weighted by atomic mass is 10.2. The highest BCUT2D eigenvalue weighted by Crippen LogP contribution is 2.09. The molecule has 1 amide bonds. The van der Waals surface area contributed by atoms with Gasteiger partial charge in [-0.25, -0.2) is 5.43 Å². The predicted molar refractivity (Wildman–Crippen MR) is 61.1 cm³/mol. The molecule has 0 aromatic heterocycles. The molecule has 0 aliphatic heterocycles. The van der Waals surface area contributed by atoms with Crippen molar-refractivity contribution in [2.45, 2.75) is 0 Å². The van der Waals surface area contributed by atoms with Crippen molar-refractivity contribution in [3.8, 4) is 0 Å². The molecule has 5 heteroatoms. The summed E-state index contributed by atoms with van der Waals surface area (Å²) in [5, 5.41) is 4.34. The van der Waals surface area contributed by atoms with E-state index in [2.05, 4.69) is 10.5 Å². The van der Waals surface area contributed by atoms with Crippen LogP contribution >= 0.6 is 11.6 Å². The van der Waals surface area contributed by atoms with Crippen LogP contribution in [0, 0.1) is 0 Å². The van der Waals surface area contributed by atoms with Gasteiger partial charge in [0, 0.05) is 24.7 Å². The molecule has 0 unspecified atom stereocenters. The zero-order chi connectivity index (χ0) is 11.3. The van der Waals surface area contributed by atoms with E-state index < -0.39 is 0 Å². The maximum Gasteiger partial charge on any atom is 0.271 e. The molecule has 0 heterocycles. The Morgan fingerprint density at radius 1 is 1.40 bits per heavy atom. The average molecular weight is 226 g/mol. The fraction of sp³-hybridized carbons (Fsp3) is 0.200. The molecule has 1 N–H and O–H groups in total. The second-order valence-corrected chi connectivity index (χ2v) is 3.59. The monoisotopic (exact) mass is 225 g/mol. The molecule has 4 nitrogen and oxygen atoms in total. The van der Waals surface area contributed by atoms with Gasteiger partial charge in [-0.15, -0.1) is 0 Å². The van der Waals surface area contributed by atoms with E-state index in [1.807, 2.05) is 14.1 Å². The maximum absolute atomic E-state index is 11.5. The molecule has 0 aliphatic carbocycles. The van der Waals surface area contributed by atoms with E-state index >= 15 is 0 Å². The van der Waals surface area contributed by atoms with Crippen LogP contribution in [0.15, 0.2) is 29.4 Å². The van der Waals surface area contributed by atoms with E-state index in [1.54, 1.807) is 29.2 Å². The van der Waals surface area contributed by atoms with Gasteiger partial charge >= 0.3 is 0 Å². The number of carbonyl (C=O) groups excluding carboxylic acids is 1. The third-order valence-electron chi connectivity index (χ3n) is 1.56. The number of amides is 1. The van der Waals surface area contributed by atoms with Crippen molar-refractivity contribution >= 4 is 23.8 Å². The standard InChI is InChI=1S/C10H12ClN3O/c1-14(2)7-12-13-10(15)8-3-5-9(11)6-4-8/h3-7H,1-2H3,(H,13,15)/b12-7+. The molecule has 15 heavy (non-hydrogen) atoms. The first kappa shape index (κ1) is 11.5. The first-order valence-electron chi connectivity index (χ1n) is 4.35. The third kappa shape index (κ3) is 3.99. The summed E-state index contributed by atoms with van der Waals surface area (Å²) in [6, 6.07) is 6.60. The Morgan fingerprint density at radius 3 is 2.53 bits per heavy atom. The molecule has 1 aromatic carbocycles. The highest BCUT2D eigenvalue weighted by atomic mass is 35.5. The van der Waals surface area contributed by atoms with Gasteiger partial charge in [0.05, 0.1) is 0 Å². The Kier molecular flexibility index (Phi) is 4.12. The van der Waals surface area contributed by atoms with Crippen LogP contribution in [-0.4, -0.2) is 31.2 Å². The second-order valence-electron chi connectivity index (χ2n) is 3.16. The number of hydrogen-bond acceptors (Lipinski definition) is 2. The van der Waals surface area contributed by atoms with Gasteiger partial charge in [-0.1, -0.05) is 11.6 Å². The molecule has 0 bridgehead atoms. The van der Waals surface area contributed by atoms with Crippen molar-refractivity contribution in [1.82, 2.24) is 10.3 Å². The van der Waals surface area contributed by atoms with E-state index in [1.165, 1.54) is 6.34 Å². The molecule has 0 radical (unpaired) electrons. The normalized spacial score (nSPS) is 10.3. The van der Waals surface area contributed by atoms with Crippen LogP contribution in [0.3, 0.4) is 0 Å². The number of benzene rings is 1. The Morgan fingerprint density at radius 2 is 2.00 bits per heavy atom. The molecule has 0 saturated heterocycles. The van der Waals surface area contributed by atoms with Crippen molar-refractivity contribution in [3.05, 3.63) is 34.9 Å². The summed E-state index contributed by atoms with van der Waals surface area (Å²) < 4.78 is 0. The van der Waals surface area contributed by atoms with E-state index in [4.69, 9.17) is 11.6 Å². The smallest absolute Gasteiger partial charge is 0.271 e. The fourth-order valence-electron chi connectivity index (χ4n) is 0.869. The van der Waals surface area contributed by atoms with Crippen LogP contribution < -0.4 is 5.43 Å². The zero-order valence-electron chi connectivity index (χ0n) is 8.57. The summed E-state index contributed by atoms with van der Waals surface area (Å²) in [5.41, 5.74) is 2.92. The number of hydrogen-bond donors (Lipinski definition) is 1. The number of hydrazone groups is 1. The van der Waals surface area contributed by atoms with Gasteiger partial charge in [-0.3, -0.25) is 4.79 Å². The van der Waals surface area contributed by atoms with E-state index in [-0.39, 0.29) is 5.91 Å². The van der Waals surface area contributed by atoms with Gasteiger partial charge in [0.15, 0.2) is 0 Å². The van der Waals surface area contributed by atoms with Crippen LogP contribution in [0.4, 0.5) is 0 Å². The first-order chi connectivity index (χ1) is 7.09. The number of rotatable bonds is 3. The van der Waals surface area contributed by atoms with Crippen LogP contribution in [-0.2, 0) is 0 Å². The van der Waals surface area contributed by atoms with Crippen molar-refractivity contribution in [2.75, 3.05) is 14.1 Å². The van der Waals surface area contributed by atoms with Gasteiger partial charge < -0.3 is 4.90 Å². The summed E-state index contributed by atoms with van der Waals surface area (Å²) in [4.78, 5) is 13.2. The highest BCUT2D eigenvalue weighted by molar-refractivity contribution is 6.30. The minimum atomic E-state index is -0.259. The highest BCUT2D eigenvalue weighted by Gasteiger charge is 2.02. The SMILES string of the molecule is CN(C)/C=N/NC(=O)c1ccc(Cl)cc1. The molecular formula is C10H12ClN3O. The number of carbonyl (C=O) groups is 1. The maximum atomic E-state index is 11.5. The summed E-state index contributed by atoms with van der Waals surface area (Å²) in [7, 11) is 3.63. The minimum absolute atomic E-state index is 0.259. The van der Waals surface area contributed by atoms with Crippen LogP contribution in [0.1, 0.15) is 10.4 Å². The van der Waals surface area contributed by atoms with Crippen molar-refractivity contribution in [3.63, 3.8) is 0 Å². The van der Waals surface area contributed by atoms with Crippen molar-refractivity contribution in [1.29, 1.82) is 0 Å². The Bertz CT molecular complexity index is 359. The molecule has 0 saturated carbocycles. The molecule has 1 aromatic rings. The molecular weight excluding hydrogens is 214 g/mol. The molecule has 0 spiro atoms. The van der Waals surface area contributed by atoms with Gasteiger partial charge in [0.25, 0.3) is 5.91 Å². The van der Waals surface area contributed by atoms with Gasteiger partial charge in [0.2, 0.25) is 0 Å². The first-order valence-corrected chi connectivity index (χ1v) is 4.73. The molecule has 0 atom stereocenters. The van der Waals surface area contributed by atoms with E-state index in [9.17, 15) is 4.79 Å². The molecule has 0 aliphatic rings. The van der Waals surface area contributed by atoms with Crippen molar-refractivity contribution in [2.24, 2.45) is 5.10 Å². The van der Waals surface area contributed by atoms with Crippen LogP contribution in [0.5, 0.6) is 0 Å². The lowest BCUT2D eigenvalue weighted by Gasteiger charge is -2.03. The minimum Gasteiger partial charge on any atom is -0.367 e. The quantitative estimate of drug-likeness (QED) is 0.482. The predicted octanol–water partition coefficient (Wildman–Crippen LogP) is 1.57. The second kappa shape index (κ2) is 5.36. The molecule has 1 rings (SSSR count). The van der Waals surface area contributed by atoms with Gasteiger partial charge in [0.1, 0.15) is 6.34 Å². The van der Waals surface area contributed by atoms with Gasteiger partial charge in [-0.05, 0) is 24.3 Å². The fourth-order valence-corrected chi connectivity index (χ4v) is 0.995. The van der Waals surface area contributed by atoms with Crippen molar-refractivity contribution < 1.29 is 4.79 Å². The summed E-state index contributed by atoms with van der Waals surface area (Å²) in [6.07, 6.45) is 1.51.